The molecule has 0 aliphatic carbocycles. The topological polar surface area (TPSA) is 61.9 Å². The minimum absolute atomic E-state index is 0.144. The van der Waals surface area contributed by atoms with Crippen molar-refractivity contribution >= 4 is 11.9 Å². The van der Waals surface area contributed by atoms with Crippen molar-refractivity contribution in [2.45, 2.75) is 58.5 Å². The molecule has 2 amide bonds. The molecule has 0 aromatic carbocycles. The van der Waals surface area contributed by atoms with Crippen LogP contribution >= 0.6 is 0 Å². The second-order valence-corrected chi connectivity index (χ2v) is 6.80. The summed E-state index contributed by atoms with van der Waals surface area (Å²) < 4.78 is 0. The Hall–Kier alpha value is -1.10. The van der Waals surface area contributed by atoms with E-state index in [9.17, 15) is 4.79 Å². The molecule has 1 fully saturated rings. The van der Waals surface area contributed by atoms with Crippen LogP contribution in [0.5, 0.6) is 0 Å². The van der Waals surface area contributed by atoms with Gasteiger partial charge < -0.3 is 15.5 Å². The van der Waals surface area contributed by atoms with Gasteiger partial charge in [0.25, 0.3) is 0 Å². The molecule has 1 atom stereocenters. The Kier molecular flexibility index (Phi) is 4.37. The third-order valence-electron chi connectivity index (χ3n) is 4.57. The van der Waals surface area contributed by atoms with Crippen LogP contribution in [0.2, 0.25) is 0 Å². The molecule has 0 saturated carbocycles. The van der Waals surface area contributed by atoms with E-state index in [1.54, 1.807) is 0 Å². The number of amides is 2. The summed E-state index contributed by atoms with van der Waals surface area (Å²) in [6, 6.07) is 0.396. The van der Waals surface area contributed by atoms with Crippen molar-refractivity contribution in [1.29, 1.82) is 0 Å². The van der Waals surface area contributed by atoms with Gasteiger partial charge in [0.05, 0.1) is 0 Å². The largest absolute Gasteiger partial charge is 0.385 e. The van der Waals surface area contributed by atoms with Crippen molar-refractivity contribution in [3.63, 3.8) is 0 Å². The molecule has 1 saturated heterocycles. The maximum Gasteiger partial charge on any atom is 0.346 e. The zero-order chi connectivity index (χ0) is 14.9. The number of hydrogen-bond acceptors (Lipinski definition) is 3. The van der Waals surface area contributed by atoms with Gasteiger partial charge in [-0.05, 0) is 45.6 Å². The van der Waals surface area contributed by atoms with E-state index in [-0.39, 0.29) is 11.6 Å². The fraction of sp³-hybridized carbons (Fsp3) is 0.867. The number of hydrogen-bond donors (Lipinski definition) is 1. The predicted octanol–water partition coefficient (Wildman–Crippen LogP) is 2.07. The van der Waals surface area contributed by atoms with Gasteiger partial charge in [0.2, 0.25) is 0 Å². The maximum atomic E-state index is 12.2. The van der Waals surface area contributed by atoms with E-state index in [2.05, 4.69) is 37.6 Å². The van der Waals surface area contributed by atoms with E-state index < -0.39 is 0 Å². The van der Waals surface area contributed by atoms with Crippen LogP contribution in [0.3, 0.4) is 0 Å². The number of aliphatic imine (C=N–C) groups is 1. The number of likely N-dealkylation sites (tertiary alicyclic amines) is 1. The van der Waals surface area contributed by atoms with Gasteiger partial charge in [-0.2, -0.15) is 4.99 Å². The molecule has 114 valence electrons. The Balaban J connectivity index is 2.21. The molecule has 2 aliphatic rings. The zero-order valence-corrected chi connectivity index (χ0v) is 13.2. The van der Waals surface area contributed by atoms with E-state index in [0.29, 0.717) is 17.8 Å². The summed E-state index contributed by atoms with van der Waals surface area (Å²) in [5.74, 6) is 0.968. The minimum Gasteiger partial charge on any atom is -0.385 e. The van der Waals surface area contributed by atoms with E-state index in [1.807, 2.05) is 4.90 Å². The number of rotatable bonds is 3. The molecule has 5 nitrogen and oxygen atoms in total. The highest BCUT2D eigenvalue weighted by atomic mass is 16.2. The van der Waals surface area contributed by atoms with Gasteiger partial charge in [0, 0.05) is 19.1 Å². The van der Waals surface area contributed by atoms with Crippen molar-refractivity contribution in [3.05, 3.63) is 0 Å². The molecule has 5 heteroatoms. The number of nitrogens with two attached hydrogens (primary N) is 1. The van der Waals surface area contributed by atoms with Crippen molar-refractivity contribution in [2.75, 3.05) is 19.6 Å². The second-order valence-electron chi connectivity index (χ2n) is 6.80. The van der Waals surface area contributed by atoms with Crippen LogP contribution in [0.4, 0.5) is 4.79 Å². The predicted molar refractivity (Wildman–Crippen MR) is 81.9 cm³/mol. The van der Waals surface area contributed by atoms with Crippen LogP contribution in [0.1, 0.15) is 47.0 Å². The number of carbonyl (C=O) groups is 1. The normalized spacial score (nSPS) is 28.6. The van der Waals surface area contributed by atoms with Crippen LogP contribution in [0, 0.1) is 5.92 Å². The number of urea groups is 1. The summed E-state index contributed by atoms with van der Waals surface area (Å²) in [6.07, 6.45) is 2.90. The number of amidine groups is 1. The van der Waals surface area contributed by atoms with Crippen LogP contribution in [-0.2, 0) is 0 Å². The SMILES string of the molecule is CC(C)CN1C(=O)N=C(N)C12CCCN(C(C)C)CC2. The summed E-state index contributed by atoms with van der Waals surface area (Å²) in [5.41, 5.74) is 5.83. The summed E-state index contributed by atoms with van der Waals surface area (Å²) >= 11 is 0. The van der Waals surface area contributed by atoms with Gasteiger partial charge in [-0.3, -0.25) is 0 Å². The highest BCUT2D eigenvalue weighted by molar-refractivity contribution is 6.05. The Morgan fingerprint density at radius 1 is 1.25 bits per heavy atom. The molecule has 1 unspecified atom stereocenters. The quantitative estimate of drug-likeness (QED) is 0.861. The average Bonchev–Trinajstić information content (AvgIpc) is 2.56. The first-order chi connectivity index (χ1) is 9.36. The van der Waals surface area contributed by atoms with Crippen molar-refractivity contribution in [1.82, 2.24) is 9.80 Å². The average molecular weight is 280 g/mol. The molecule has 20 heavy (non-hydrogen) atoms. The Morgan fingerprint density at radius 3 is 2.55 bits per heavy atom. The lowest BCUT2D eigenvalue weighted by atomic mass is 9.87. The molecule has 2 N–H and O–H groups in total. The molecule has 0 aromatic rings. The molecule has 0 aromatic heterocycles. The molecular weight excluding hydrogens is 252 g/mol. The molecular formula is C15H28N4O. The maximum absolute atomic E-state index is 12.2. The van der Waals surface area contributed by atoms with E-state index >= 15 is 0 Å². The molecule has 0 radical (unpaired) electrons. The first kappa shape index (κ1) is 15.3. The fourth-order valence-corrected chi connectivity index (χ4v) is 3.39. The van der Waals surface area contributed by atoms with Crippen LogP contribution in [-0.4, -0.2) is 52.9 Å². The van der Waals surface area contributed by atoms with Gasteiger partial charge in [-0.1, -0.05) is 13.8 Å². The van der Waals surface area contributed by atoms with Crippen molar-refractivity contribution < 1.29 is 4.79 Å². The molecule has 2 heterocycles. The van der Waals surface area contributed by atoms with Gasteiger partial charge in [-0.25, -0.2) is 4.79 Å². The third-order valence-corrected chi connectivity index (χ3v) is 4.57. The van der Waals surface area contributed by atoms with Gasteiger partial charge >= 0.3 is 6.03 Å². The van der Waals surface area contributed by atoms with E-state index in [4.69, 9.17) is 5.73 Å². The first-order valence-corrected chi connectivity index (χ1v) is 7.77. The summed E-state index contributed by atoms with van der Waals surface area (Å²) in [7, 11) is 0. The summed E-state index contributed by atoms with van der Waals surface area (Å²) in [6.45, 7) is 11.5. The van der Waals surface area contributed by atoms with Crippen molar-refractivity contribution in [3.8, 4) is 0 Å². The number of carbonyl (C=O) groups excluding carboxylic acids is 1. The molecule has 2 rings (SSSR count). The molecule has 1 spiro atoms. The van der Waals surface area contributed by atoms with E-state index in [1.165, 1.54) is 0 Å². The second kappa shape index (κ2) is 5.72. The van der Waals surface area contributed by atoms with Crippen LogP contribution in [0.25, 0.3) is 0 Å². The fourth-order valence-electron chi connectivity index (χ4n) is 3.39. The van der Waals surface area contributed by atoms with Crippen LogP contribution < -0.4 is 5.73 Å². The van der Waals surface area contributed by atoms with E-state index in [0.717, 1.165) is 38.9 Å². The Bertz CT molecular complexity index is 405. The Labute approximate surface area is 122 Å². The van der Waals surface area contributed by atoms with Gasteiger partial charge in [0.1, 0.15) is 11.4 Å². The monoisotopic (exact) mass is 280 g/mol. The lowest BCUT2D eigenvalue weighted by Gasteiger charge is -2.38. The first-order valence-electron chi connectivity index (χ1n) is 7.77. The molecule has 0 bridgehead atoms. The lowest BCUT2D eigenvalue weighted by molar-refractivity contribution is 0.146. The highest BCUT2D eigenvalue weighted by Crippen LogP contribution is 2.35. The minimum atomic E-state index is -0.328. The Morgan fingerprint density at radius 2 is 1.95 bits per heavy atom. The van der Waals surface area contributed by atoms with Crippen molar-refractivity contribution in [2.24, 2.45) is 16.6 Å². The summed E-state index contributed by atoms with van der Waals surface area (Å²) in [4.78, 5) is 20.6. The molecule has 2 aliphatic heterocycles. The summed E-state index contributed by atoms with van der Waals surface area (Å²) in [5, 5.41) is 0. The van der Waals surface area contributed by atoms with Gasteiger partial charge in [-0.15, -0.1) is 0 Å². The van der Waals surface area contributed by atoms with Crippen LogP contribution in [0.15, 0.2) is 4.99 Å². The highest BCUT2D eigenvalue weighted by Gasteiger charge is 2.48. The third kappa shape index (κ3) is 2.68. The lowest BCUT2D eigenvalue weighted by Crippen LogP contribution is -2.55. The smallest absolute Gasteiger partial charge is 0.346 e. The van der Waals surface area contributed by atoms with Gasteiger partial charge in [0.15, 0.2) is 0 Å². The number of nitrogens with zero attached hydrogens (tertiary/aromatic N) is 3. The zero-order valence-electron chi connectivity index (χ0n) is 13.2. The standard InChI is InChI=1S/C15H28N4O/c1-11(2)10-19-14(20)17-13(16)15(19)6-5-8-18(9-7-15)12(3)4/h11-12H,5-10H2,1-4H3,(H2,16,17,20).